The molecule has 6 nitrogen and oxygen atoms in total. The Morgan fingerprint density at radius 3 is 2.67 bits per heavy atom. The summed E-state index contributed by atoms with van der Waals surface area (Å²) in [4.78, 5) is 14.5. The van der Waals surface area contributed by atoms with Crippen molar-refractivity contribution in [2.45, 2.75) is 51.0 Å². The Balaban J connectivity index is 1.31. The first-order valence-electron chi connectivity index (χ1n) is 8.87. The molecule has 1 amide bonds. The molecule has 2 saturated heterocycles. The number of rotatable bonds is 6. The van der Waals surface area contributed by atoms with Crippen LogP contribution in [0.3, 0.4) is 0 Å². The van der Waals surface area contributed by atoms with E-state index in [0.29, 0.717) is 18.8 Å². The van der Waals surface area contributed by atoms with E-state index in [-0.39, 0.29) is 18.6 Å². The van der Waals surface area contributed by atoms with Crippen molar-refractivity contribution in [3.05, 3.63) is 35.9 Å². The van der Waals surface area contributed by atoms with Gasteiger partial charge in [-0.05, 0) is 31.7 Å². The lowest BCUT2D eigenvalue weighted by Crippen LogP contribution is -2.52. The van der Waals surface area contributed by atoms with E-state index in [2.05, 4.69) is 28.0 Å². The Kier molecular flexibility index (Phi) is 6.20. The van der Waals surface area contributed by atoms with Gasteiger partial charge in [0.25, 0.3) is 0 Å². The maximum absolute atomic E-state index is 12.0. The maximum atomic E-state index is 12.0. The quantitative estimate of drug-likeness (QED) is 0.725. The summed E-state index contributed by atoms with van der Waals surface area (Å²) in [5.41, 5.74) is 7.70. The summed E-state index contributed by atoms with van der Waals surface area (Å²) in [5, 5.41) is 3.10. The summed E-state index contributed by atoms with van der Waals surface area (Å²) >= 11 is 0. The number of carbonyl (C=O) groups is 1. The molecule has 0 radical (unpaired) electrons. The fourth-order valence-electron chi connectivity index (χ4n) is 3.39. The van der Waals surface area contributed by atoms with Gasteiger partial charge in [-0.25, -0.2) is 5.43 Å². The van der Waals surface area contributed by atoms with Gasteiger partial charge >= 0.3 is 0 Å². The fraction of sp³-hybridized carbons (Fsp3) is 0.611. The summed E-state index contributed by atoms with van der Waals surface area (Å²) in [6.07, 6.45) is 3.55. The first-order chi connectivity index (χ1) is 11.7. The number of hydrogen-bond donors (Lipinski definition) is 3. The molecule has 0 saturated carbocycles. The van der Waals surface area contributed by atoms with Crippen LogP contribution in [0.2, 0.25) is 0 Å². The van der Waals surface area contributed by atoms with Gasteiger partial charge in [0, 0.05) is 25.2 Å². The van der Waals surface area contributed by atoms with Crippen LogP contribution in [0.1, 0.15) is 31.7 Å². The Morgan fingerprint density at radius 1 is 1.25 bits per heavy atom. The standard InChI is InChI=1S/C18H28N4O2/c1-14-11-17(21-20-14)22-9-7-16(8-10-22)19-18(23)13-24-12-15-5-3-2-4-6-15/h2-6,14,16-17,20-21H,7-13H2,1H3,(H,19,23). The lowest BCUT2D eigenvalue weighted by molar-refractivity contribution is -0.127. The number of hydrogen-bond acceptors (Lipinski definition) is 5. The van der Waals surface area contributed by atoms with Gasteiger partial charge in [-0.1, -0.05) is 30.3 Å². The number of hydrazine groups is 1. The summed E-state index contributed by atoms with van der Waals surface area (Å²) in [6.45, 7) is 4.82. The first kappa shape index (κ1) is 17.4. The first-order valence-corrected chi connectivity index (χ1v) is 8.87. The second kappa shape index (κ2) is 8.58. The average Bonchev–Trinajstić information content (AvgIpc) is 3.03. The minimum Gasteiger partial charge on any atom is -0.367 e. The van der Waals surface area contributed by atoms with E-state index in [1.807, 2.05) is 30.3 Å². The third-order valence-electron chi connectivity index (χ3n) is 4.75. The molecule has 3 rings (SSSR count). The van der Waals surface area contributed by atoms with Crippen LogP contribution in [-0.2, 0) is 16.1 Å². The van der Waals surface area contributed by atoms with E-state index >= 15 is 0 Å². The van der Waals surface area contributed by atoms with Gasteiger partial charge in [-0.3, -0.25) is 15.1 Å². The molecular formula is C18H28N4O2. The number of carbonyl (C=O) groups excluding carboxylic acids is 1. The number of piperidine rings is 1. The van der Waals surface area contributed by atoms with Crippen molar-refractivity contribution in [1.29, 1.82) is 0 Å². The van der Waals surface area contributed by atoms with Gasteiger partial charge < -0.3 is 10.1 Å². The van der Waals surface area contributed by atoms with E-state index in [0.717, 1.165) is 37.9 Å². The summed E-state index contributed by atoms with van der Waals surface area (Å²) in [6, 6.07) is 10.7. The Hall–Kier alpha value is -1.47. The normalized spacial score (nSPS) is 25.7. The summed E-state index contributed by atoms with van der Waals surface area (Å²) in [7, 11) is 0. The predicted molar refractivity (Wildman–Crippen MR) is 93.0 cm³/mol. The predicted octanol–water partition coefficient (Wildman–Crippen LogP) is 0.996. The van der Waals surface area contributed by atoms with Crippen LogP contribution in [0, 0.1) is 0 Å². The van der Waals surface area contributed by atoms with E-state index in [4.69, 9.17) is 4.74 Å². The largest absolute Gasteiger partial charge is 0.367 e. The molecule has 0 spiro atoms. The topological polar surface area (TPSA) is 65.6 Å². The maximum Gasteiger partial charge on any atom is 0.246 e. The fourth-order valence-corrected chi connectivity index (χ4v) is 3.39. The molecule has 2 atom stereocenters. The molecule has 2 heterocycles. The van der Waals surface area contributed by atoms with Crippen molar-refractivity contribution < 1.29 is 9.53 Å². The zero-order chi connectivity index (χ0) is 16.8. The van der Waals surface area contributed by atoms with Gasteiger partial charge in [0.2, 0.25) is 5.91 Å². The molecule has 2 aliphatic heterocycles. The molecule has 2 unspecified atom stereocenters. The van der Waals surface area contributed by atoms with Gasteiger partial charge in [0.05, 0.1) is 12.8 Å². The number of amides is 1. The molecule has 3 N–H and O–H groups in total. The second-order valence-electron chi connectivity index (χ2n) is 6.80. The lowest BCUT2D eigenvalue weighted by Gasteiger charge is -2.35. The molecule has 2 fully saturated rings. The molecule has 24 heavy (non-hydrogen) atoms. The molecule has 0 bridgehead atoms. The monoisotopic (exact) mass is 332 g/mol. The van der Waals surface area contributed by atoms with Crippen LogP contribution in [0.5, 0.6) is 0 Å². The number of nitrogens with one attached hydrogen (secondary N) is 3. The molecule has 6 heteroatoms. The average molecular weight is 332 g/mol. The highest BCUT2D eigenvalue weighted by Crippen LogP contribution is 2.16. The van der Waals surface area contributed by atoms with Crippen LogP contribution in [0.25, 0.3) is 0 Å². The molecule has 0 aromatic heterocycles. The number of benzene rings is 1. The third kappa shape index (κ3) is 5.01. The smallest absolute Gasteiger partial charge is 0.246 e. The van der Waals surface area contributed by atoms with Crippen LogP contribution < -0.4 is 16.2 Å². The highest BCUT2D eigenvalue weighted by atomic mass is 16.5. The summed E-state index contributed by atoms with van der Waals surface area (Å²) < 4.78 is 5.50. The molecule has 1 aromatic carbocycles. The minimum absolute atomic E-state index is 0.0151. The van der Waals surface area contributed by atoms with Crippen molar-refractivity contribution in [3.8, 4) is 0 Å². The van der Waals surface area contributed by atoms with Crippen molar-refractivity contribution in [1.82, 2.24) is 21.1 Å². The number of likely N-dealkylation sites (tertiary alicyclic amines) is 1. The number of ether oxygens (including phenoxy) is 1. The molecule has 2 aliphatic rings. The SMILES string of the molecule is CC1CC(N2CCC(NC(=O)COCc3ccccc3)CC2)NN1. The third-order valence-corrected chi connectivity index (χ3v) is 4.75. The zero-order valence-corrected chi connectivity index (χ0v) is 14.3. The lowest BCUT2D eigenvalue weighted by atomic mass is 10.0. The molecule has 132 valence electrons. The van der Waals surface area contributed by atoms with E-state index in [1.165, 1.54) is 0 Å². The Labute approximate surface area is 143 Å². The van der Waals surface area contributed by atoms with E-state index < -0.39 is 0 Å². The Bertz CT molecular complexity index is 517. The van der Waals surface area contributed by atoms with Crippen molar-refractivity contribution >= 4 is 5.91 Å². The van der Waals surface area contributed by atoms with Crippen LogP contribution in [-0.4, -0.2) is 48.8 Å². The van der Waals surface area contributed by atoms with Crippen LogP contribution in [0.15, 0.2) is 30.3 Å². The minimum atomic E-state index is -0.0151. The molecular weight excluding hydrogens is 304 g/mol. The van der Waals surface area contributed by atoms with Gasteiger partial charge in [-0.15, -0.1) is 0 Å². The molecule has 1 aromatic rings. The number of nitrogens with zero attached hydrogens (tertiary/aromatic N) is 1. The second-order valence-corrected chi connectivity index (χ2v) is 6.80. The van der Waals surface area contributed by atoms with Gasteiger partial charge in [0.15, 0.2) is 0 Å². The van der Waals surface area contributed by atoms with Gasteiger partial charge in [-0.2, -0.15) is 0 Å². The van der Waals surface area contributed by atoms with Crippen LogP contribution >= 0.6 is 0 Å². The zero-order valence-electron chi connectivity index (χ0n) is 14.3. The highest BCUT2D eigenvalue weighted by molar-refractivity contribution is 5.77. The summed E-state index contributed by atoms with van der Waals surface area (Å²) in [5.74, 6) is -0.0151. The van der Waals surface area contributed by atoms with Gasteiger partial charge in [0.1, 0.15) is 6.61 Å². The van der Waals surface area contributed by atoms with Crippen molar-refractivity contribution in [2.75, 3.05) is 19.7 Å². The molecule has 0 aliphatic carbocycles. The van der Waals surface area contributed by atoms with Crippen molar-refractivity contribution in [3.63, 3.8) is 0 Å². The van der Waals surface area contributed by atoms with Crippen molar-refractivity contribution in [2.24, 2.45) is 0 Å². The highest BCUT2D eigenvalue weighted by Gasteiger charge is 2.29. The Morgan fingerprint density at radius 2 is 2.00 bits per heavy atom. The van der Waals surface area contributed by atoms with E-state index in [9.17, 15) is 4.79 Å². The van der Waals surface area contributed by atoms with Crippen LogP contribution in [0.4, 0.5) is 0 Å². The van der Waals surface area contributed by atoms with E-state index in [1.54, 1.807) is 0 Å².